The molecule has 0 aromatic carbocycles. The topological polar surface area (TPSA) is 35.2 Å². The minimum absolute atomic E-state index is 0.130. The predicted octanol–water partition coefficient (Wildman–Crippen LogP) is 2.71. The Morgan fingerprint density at radius 3 is 2.40 bits per heavy atom. The van der Waals surface area contributed by atoms with Crippen LogP contribution >= 0.6 is 0 Å². The van der Waals surface area contributed by atoms with Crippen molar-refractivity contribution < 1.29 is 4.74 Å². The first-order valence-corrected chi connectivity index (χ1v) is 6.36. The number of hydrogen-bond donors (Lipinski definition) is 1. The molecule has 2 nitrogen and oxygen atoms in total. The third kappa shape index (κ3) is 2.94. The zero-order valence-electron chi connectivity index (χ0n) is 10.2. The molecule has 0 bridgehead atoms. The van der Waals surface area contributed by atoms with Crippen molar-refractivity contribution in [3.05, 3.63) is 0 Å². The minimum atomic E-state index is 0.130. The maximum Gasteiger partial charge on any atom is 0.0468 e. The van der Waals surface area contributed by atoms with Gasteiger partial charge in [-0.05, 0) is 49.9 Å². The molecule has 2 N–H and O–H groups in total. The highest BCUT2D eigenvalue weighted by Gasteiger charge is 2.41. The SMILES string of the molecule is CC1(C)CCC(N)(CC2CCOCC2)C1. The van der Waals surface area contributed by atoms with Crippen LogP contribution in [0, 0.1) is 11.3 Å². The molecule has 88 valence electrons. The lowest BCUT2D eigenvalue weighted by atomic mass is 9.80. The first kappa shape index (κ1) is 11.4. The maximum absolute atomic E-state index is 6.52. The highest BCUT2D eigenvalue weighted by molar-refractivity contribution is 4.98. The van der Waals surface area contributed by atoms with E-state index in [4.69, 9.17) is 10.5 Å². The lowest BCUT2D eigenvalue weighted by Gasteiger charge is -2.32. The van der Waals surface area contributed by atoms with E-state index in [1.54, 1.807) is 0 Å². The van der Waals surface area contributed by atoms with Crippen LogP contribution in [0.3, 0.4) is 0 Å². The largest absolute Gasteiger partial charge is 0.381 e. The standard InChI is InChI=1S/C13H25NO/c1-12(2)5-6-13(14,10-12)9-11-3-7-15-8-4-11/h11H,3-10,14H2,1-2H3. The fourth-order valence-electron chi connectivity index (χ4n) is 3.42. The Morgan fingerprint density at radius 1 is 1.20 bits per heavy atom. The molecule has 2 rings (SSSR count). The summed E-state index contributed by atoms with van der Waals surface area (Å²) < 4.78 is 5.40. The molecule has 15 heavy (non-hydrogen) atoms. The Hall–Kier alpha value is -0.0800. The van der Waals surface area contributed by atoms with Gasteiger partial charge in [0, 0.05) is 18.8 Å². The molecule has 0 aromatic rings. The minimum Gasteiger partial charge on any atom is -0.381 e. The normalized spacial score (nSPS) is 37.0. The molecule has 1 aliphatic heterocycles. The molecule has 0 spiro atoms. The van der Waals surface area contributed by atoms with Crippen molar-refractivity contribution in [1.29, 1.82) is 0 Å². The van der Waals surface area contributed by atoms with E-state index in [0.717, 1.165) is 19.1 Å². The number of ether oxygens (including phenoxy) is 1. The zero-order chi connectivity index (χ0) is 10.9. The highest BCUT2D eigenvalue weighted by Crippen LogP contribution is 2.45. The summed E-state index contributed by atoms with van der Waals surface area (Å²) in [6.07, 6.45) is 7.39. The van der Waals surface area contributed by atoms with Crippen LogP contribution < -0.4 is 5.73 Å². The second-order valence-electron chi connectivity index (χ2n) is 6.46. The van der Waals surface area contributed by atoms with Gasteiger partial charge in [0.2, 0.25) is 0 Å². The van der Waals surface area contributed by atoms with E-state index < -0.39 is 0 Å². The van der Waals surface area contributed by atoms with Crippen LogP contribution in [0.4, 0.5) is 0 Å². The van der Waals surface area contributed by atoms with Gasteiger partial charge in [-0.15, -0.1) is 0 Å². The van der Waals surface area contributed by atoms with Crippen LogP contribution in [0.25, 0.3) is 0 Å². The Bertz CT molecular complexity index is 221. The van der Waals surface area contributed by atoms with E-state index in [2.05, 4.69) is 13.8 Å². The van der Waals surface area contributed by atoms with E-state index in [-0.39, 0.29) is 5.54 Å². The predicted molar refractivity (Wildman–Crippen MR) is 62.7 cm³/mol. The van der Waals surface area contributed by atoms with Crippen LogP contribution in [0.15, 0.2) is 0 Å². The molecule has 0 radical (unpaired) electrons. The lowest BCUT2D eigenvalue weighted by molar-refractivity contribution is 0.0557. The zero-order valence-corrected chi connectivity index (χ0v) is 10.2. The third-order valence-corrected chi connectivity index (χ3v) is 4.17. The molecule has 1 saturated heterocycles. The summed E-state index contributed by atoms with van der Waals surface area (Å²) in [7, 11) is 0. The van der Waals surface area contributed by atoms with Gasteiger partial charge in [0.05, 0.1) is 0 Å². The monoisotopic (exact) mass is 211 g/mol. The molecule has 2 fully saturated rings. The van der Waals surface area contributed by atoms with E-state index in [1.807, 2.05) is 0 Å². The third-order valence-electron chi connectivity index (χ3n) is 4.17. The van der Waals surface area contributed by atoms with Gasteiger partial charge < -0.3 is 10.5 Å². The second-order valence-corrected chi connectivity index (χ2v) is 6.46. The smallest absolute Gasteiger partial charge is 0.0468 e. The summed E-state index contributed by atoms with van der Waals surface area (Å²) in [6.45, 7) is 6.60. The molecule has 1 aliphatic carbocycles. The number of nitrogens with two attached hydrogens (primary N) is 1. The van der Waals surface area contributed by atoms with Gasteiger partial charge in [-0.2, -0.15) is 0 Å². The van der Waals surface area contributed by atoms with Gasteiger partial charge in [0.1, 0.15) is 0 Å². The summed E-state index contributed by atoms with van der Waals surface area (Å²) in [5.41, 5.74) is 7.13. The molecular weight excluding hydrogens is 186 g/mol. The molecular formula is C13H25NO. The molecule has 1 heterocycles. The van der Waals surface area contributed by atoms with Gasteiger partial charge in [-0.25, -0.2) is 0 Å². The molecule has 2 heteroatoms. The van der Waals surface area contributed by atoms with Crippen molar-refractivity contribution in [2.24, 2.45) is 17.1 Å². The molecule has 2 aliphatic rings. The number of rotatable bonds is 2. The van der Waals surface area contributed by atoms with Crippen molar-refractivity contribution in [2.75, 3.05) is 13.2 Å². The van der Waals surface area contributed by atoms with Crippen LogP contribution in [0.1, 0.15) is 52.4 Å². The average Bonchev–Trinajstić information content (AvgIpc) is 2.42. The van der Waals surface area contributed by atoms with Gasteiger partial charge in [0.15, 0.2) is 0 Å². The molecule has 1 atom stereocenters. The van der Waals surface area contributed by atoms with Crippen molar-refractivity contribution >= 4 is 0 Å². The van der Waals surface area contributed by atoms with Crippen LogP contribution in [0.2, 0.25) is 0 Å². The van der Waals surface area contributed by atoms with Gasteiger partial charge in [0.25, 0.3) is 0 Å². The van der Waals surface area contributed by atoms with Crippen LogP contribution in [-0.2, 0) is 4.74 Å². The summed E-state index contributed by atoms with van der Waals surface area (Å²) >= 11 is 0. The summed E-state index contributed by atoms with van der Waals surface area (Å²) in [6, 6.07) is 0. The Kier molecular flexibility index (Phi) is 3.09. The van der Waals surface area contributed by atoms with E-state index >= 15 is 0 Å². The van der Waals surface area contributed by atoms with Gasteiger partial charge in [-0.1, -0.05) is 13.8 Å². The number of hydrogen-bond acceptors (Lipinski definition) is 2. The second kappa shape index (κ2) is 4.06. The fraction of sp³-hybridized carbons (Fsp3) is 1.00. The summed E-state index contributed by atoms with van der Waals surface area (Å²) in [4.78, 5) is 0. The summed E-state index contributed by atoms with van der Waals surface area (Å²) in [5, 5.41) is 0. The van der Waals surface area contributed by atoms with Gasteiger partial charge in [-0.3, -0.25) is 0 Å². The van der Waals surface area contributed by atoms with Crippen molar-refractivity contribution in [1.82, 2.24) is 0 Å². The Morgan fingerprint density at radius 2 is 1.87 bits per heavy atom. The van der Waals surface area contributed by atoms with Crippen molar-refractivity contribution in [3.63, 3.8) is 0 Å². The maximum atomic E-state index is 6.52. The van der Waals surface area contributed by atoms with Crippen molar-refractivity contribution in [3.8, 4) is 0 Å². The van der Waals surface area contributed by atoms with E-state index in [1.165, 1.54) is 38.5 Å². The first-order chi connectivity index (χ1) is 6.99. The highest BCUT2D eigenvalue weighted by atomic mass is 16.5. The summed E-state index contributed by atoms with van der Waals surface area (Å²) in [5.74, 6) is 0.817. The molecule has 1 unspecified atom stereocenters. The van der Waals surface area contributed by atoms with E-state index in [0.29, 0.717) is 5.41 Å². The fourth-order valence-corrected chi connectivity index (χ4v) is 3.42. The average molecular weight is 211 g/mol. The van der Waals surface area contributed by atoms with Crippen LogP contribution in [-0.4, -0.2) is 18.8 Å². The van der Waals surface area contributed by atoms with E-state index in [9.17, 15) is 0 Å². The molecule has 1 saturated carbocycles. The van der Waals surface area contributed by atoms with Crippen molar-refractivity contribution in [2.45, 2.75) is 57.9 Å². The lowest BCUT2D eigenvalue weighted by Crippen LogP contribution is -2.40. The Balaban J connectivity index is 1.88. The van der Waals surface area contributed by atoms with Gasteiger partial charge >= 0.3 is 0 Å². The first-order valence-electron chi connectivity index (χ1n) is 6.36. The van der Waals surface area contributed by atoms with Crippen LogP contribution in [0.5, 0.6) is 0 Å². The molecule has 0 aromatic heterocycles. The Labute approximate surface area is 93.6 Å². The molecule has 0 amide bonds. The quantitative estimate of drug-likeness (QED) is 0.762.